The van der Waals surface area contributed by atoms with Crippen LogP contribution in [0.1, 0.15) is 44.5 Å². The summed E-state index contributed by atoms with van der Waals surface area (Å²) in [5, 5.41) is 5.66. The van der Waals surface area contributed by atoms with Gasteiger partial charge in [0.15, 0.2) is 0 Å². The predicted octanol–water partition coefficient (Wildman–Crippen LogP) is 4.71. The molecule has 0 bridgehead atoms. The molecule has 0 saturated carbocycles. The van der Waals surface area contributed by atoms with Gasteiger partial charge in [-0.25, -0.2) is 0 Å². The summed E-state index contributed by atoms with van der Waals surface area (Å²) in [6, 6.07) is 14.1. The molecule has 2 aromatic carbocycles. The first-order chi connectivity index (χ1) is 12.4. The zero-order valence-electron chi connectivity index (χ0n) is 15.7. The van der Waals surface area contributed by atoms with Crippen molar-refractivity contribution >= 4 is 23.2 Å². The topological polar surface area (TPSA) is 67.4 Å². The lowest BCUT2D eigenvalue weighted by atomic mass is 10.2. The summed E-state index contributed by atoms with van der Waals surface area (Å²) in [4.78, 5) is 24.2. The summed E-state index contributed by atoms with van der Waals surface area (Å²) in [5.41, 5.74) is 1.81. The molecule has 138 valence electrons. The van der Waals surface area contributed by atoms with Crippen molar-refractivity contribution in [1.82, 2.24) is 0 Å². The van der Waals surface area contributed by atoms with E-state index in [0.717, 1.165) is 12.2 Å². The average Bonchev–Trinajstić information content (AvgIpc) is 2.62. The Bertz CT molecular complexity index is 754. The molecule has 0 aliphatic heterocycles. The number of hydrogen-bond acceptors (Lipinski definition) is 3. The molecule has 0 spiro atoms. The molecule has 26 heavy (non-hydrogen) atoms. The summed E-state index contributed by atoms with van der Waals surface area (Å²) in [7, 11) is 0. The van der Waals surface area contributed by atoms with Gasteiger partial charge in [-0.2, -0.15) is 0 Å². The van der Waals surface area contributed by atoms with Gasteiger partial charge in [0.25, 0.3) is 5.91 Å². The Morgan fingerprint density at radius 1 is 0.962 bits per heavy atom. The third kappa shape index (κ3) is 5.62. The van der Waals surface area contributed by atoms with E-state index >= 15 is 0 Å². The van der Waals surface area contributed by atoms with E-state index in [1.165, 1.54) is 0 Å². The quantitative estimate of drug-likeness (QED) is 0.756. The Morgan fingerprint density at radius 2 is 1.58 bits per heavy atom. The highest BCUT2D eigenvalue weighted by atomic mass is 16.5. The van der Waals surface area contributed by atoms with E-state index in [1.807, 2.05) is 20.8 Å². The standard InChI is InChI=1S/C21H26N2O3/c1-5-15(4)26-19-11-9-16(10-12-19)21(25)23-18-8-6-7-17(13-18)22-20(24)14(2)3/h6-15H,5H2,1-4H3,(H,22,24)(H,23,25)/t15-/m0/s1. The van der Waals surface area contributed by atoms with E-state index in [1.54, 1.807) is 48.5 Å². The van der Waals surface area contributed by atoms with Gasteiger partial charge in [-0.1, -0.05) is 26.8 Å². The molecule has 2 N–H and O–H groups in total. The number of amides is 2. The van der Waals surface area contributed by atoms with Crippen molar-refractivity contribution in [3.63, 3.8) is 0 Å². The van der Waals surface area contributed by atoms with Crippen LogP contribution < -0.4 is 15.4 Å². The summed E-state index contributed by atoms with van der Waals surface area (Å²) < 4.78 is 5.72. The minimum atomic E-state index is -0.215. The fraction of sp³-hybridized carbons (Fsp3) is 0.333. The van der Waals surface area contributed by atoms with E-state index in [9.17, 15) is 9.59 Å². The van der Waals surface area contributed by atoms with E-state index in [4.69, 9.17) is 4.74 Å². The zero-order chi connectivity index (χ0) is 19.1. The maximum Gasteiger partial charge on any atom is 0.255 e. The van der Waals surface area contributed by atoms with E-state index in [0.29, 0.717) is 16.9 Å². The van der Waals surface area contributed by atoms with Gasteiger partial charge in [-0.15, -0.1) is 0 Å². The van der Waals surface area contributed by atoms with Gasteiger partial charge in [0.2, 0.25) is 5.91 Å². The molecule has 2 rings (SSSR count). The maximum absolute atomic E-state index is 12.4. The molecular formula is C21H26N2O3. The van der Waals surface area contributed by atoms with Crippen molar-refractivity contribution in [2.24, 2.45) is 5.92 Å². The van der Waals surface area contributed by atoms with E-state index < -0.39 is 0 Å². The Morgan fingerprint density at radius 3 is 2.15 bits per heavy atom. The Balaban J connectivity index is 2.02. The molecule has 0 aromatic heterocycles. The van der Waals surface area contributed by atoms with Gasteiger partial charge in [0, 0.05) is 22.9 Å². The fourth-order valence-electron chi connectivity index (χ4n) is 2.17. The third-order valence-electron chi connectivity index (χ3n) is 3.94. The largest absolute Gasteiger partial charge is 0.491 e. The number of nitrogens with one attached hydrogen (secondary N) is 2. The molecule has 5 nitrogen and oxygen atoms in total. The molecule has 0 aliphatic rings. The summed E-state index contributed by atoms with van der Waals surface area (Å²) >= 11 is 0. The third-order valence-corrected chi connectivity index (χ3v) is 3.94. The lowest BCUT2D eigenvalue weighted by molar-refractivity contribution is -0.118. The summed E-state index contributed by atoms with van der Waals surface area (Å²) in [6.07, 6.45) is 1.06. The number of carbonyl (C=O) groups excluding carboxylic acids is 2. The van der Waals surface area contributed by atoms with Crippen LogP contribution in [0.3, 0.4) is 0 Å². The minimum absolute atomic E-state index is 0.0645. The maximum atomic E-state index is 12.4. The van der Waals surface area contributed by atoms with Crippen LogP contribution >= 0.6 is 0 Å². The van der Waals surface area contributed by atoms with Crippen molar-refractivity contribution in [2.45, 2.75) is 40.2 Å². The van der Waals surface area contributed by atoms with Gasteiger partial charge in [-0.05, 0) is 55.8 Å². The molecule has 0 radical (unpaired) electrons. The van der Waals surface area contributed by atoms with Crippen LogP contribution in [-0.4, -0.2) is 17.9 Å². The second-order valence-electron chi connectivity index (χ2n) is 6.54. The number of rotatable bonds is 7. The van der Waals surface area contributed by atoms with Crippen LogP contribution in [0.2, 0.25) is 0 Å². The smallest absolute Gasteiger partial charge is 0.255 e. The average molecular weight is 354 g/mol. The van der Waals surface area contributed by atoms with Crippen LogP contribution in [0.5, 0.6) is 5.75 Å². The molecule has 2 amide bonds. The van der Waals surface area contributed by atoms with Crippen molar-refractivity contribution in [3.8, 4) is 5.75 Å². The van der Waals surface area contributed by atoms with Crippen LogP contribution in [0, 0.1) is 5.92 Å². The number of benzene rings is 2. The monoisotopic (exact) mass is 354 g/mol. The highest BCUT2D eigenvalue weighted by Crippen LogP contribution is 2.19. The fourth-order valence-corrected chi connectivity index (χ4v) is 2.17. The van der Waals surface area contributed by atoms with Crippen LogP contribution in [0.15, 0.2) is 48.5 Å². The molecule has 2 aromatic rings. The Kier molecular flexibility index (Phi) is 6.78. The number of carbonyl (C=O) groups is 2. The predicted molar refractivity (Wildman–Crippen MR) is 105 cm³/mol. The van der Waals surface area contributed by atoms with Crippen LogP contribution in [0.4, 0.5) is 11.4 Å². The van der Waals surface area contributed by atoms with E-state index in [2.05, 4.69) is 17.6 Å². The molecule has 0 saturated heterocycles. The van der Waals surface area contributed by atoms with Gasteiger partial charge in [0.05, 0.1) is 6.10 Å². The first-order valence-corrected chi connectivity index (χ1v) is 8.88. The second kappa shape index (κ2) is 9.04. The SMILES string of the molecule is CC[C@H](C)Oc1ccc(C(=O)Nc2cccc(NC(=O)C(C)C)c2)cc1. The van der Waals surface area contributed by atoms with Gasteiger partial charge in [-0.3, -0.25) is 9.59 Å². The Hall–Kier alpha value is -2.82. The van der Waals surface area contributed by atoms with Crippen molar-refractivity contribution < 1.29 is 14.3 Å². The van der Waals surface area contributed by atoms with Gasteiger partial charge >= 0.3 is 0 Å². The molecule has 1 atom stereocenters. The lowest BCUT2D eigenvalue weighted by Crippen LogP contribution is -2.18. The molecule has 0 aliphatic carbocycles. The van der Waals surface area contributed by atoms with Crippen LogP contribution in [0.25, 0.3) is 0 Å². The molecular weight excluding hydrogens is 328 g/mol. The van der Waals surface area contributed by atoms with Crippen molar-refractivity contribution in [1.29, 1.82) is 0 Å². The molecule has 5 heteroatoms. The molecule has 0 fully saturated rings. The first-order valence-electron chi connectivity index (χ1n) is 8.88. The molecule has 0 heterocycles. The molecule has 0 unspecified atom stereocenters. The van der Waals surface area contributed by atoms with Gasteiger partial charge in [0.1, 0.15) is 5.75 Å². The minimum Gasteiger partial charge on any atom is -0.491 e. The second-order valence-corrected chi connectivity index (χ2v) is 6.54. The Labute approximate surface area is 154 Å². The first kappa shape index (κ1) is 19.5. The highest BCUT2D eigenvalue weighted by molar-refractivity contribution is 6.04. The van der Waals surface area contributed by atoms with Crippen LogP contribution in [-0.2, 0) is 4.79 Å². The lowest BCUT2D eigenvalue weighted by Gasteiger charge is -2.13. The zero-order valence-corrected chi connectivity index (χ0v) is 15.7. The van der Waals surface area contributed by atoms with E-state index in [-0.39, 0.29) is 23.8 Å². The summed E-state index contributed by atoms with van der Waals surface area (Å²) in [5.74, 6) is 0.358. The number of hydrogen-bond donors (Lipinski definition) is 2. The normalized spacial score (nSPS) is 11.7. The number of ether oxygens (including phenoxy) is 1. The summed E-state index contributed by atoms with van der Waals surface area (Å²) in [6.45, 7) is 7.72. The number of anilines is 2. The van der Waals surface area contributed by atoms with Crippen molar-refractivity contribution in [3.05, 3.63) is 54.1 Å². The van der Waals surface area contributed by atoms with Crippen molar-refractivity contribution in [2.75, 3.05) is 10.6 Å². The van der Waals surface area contributed by atoms with Gasteiger partial charge < -0.3 is 15.4 Å². The highest BCUT2D eigenvalue weighted by Gasteiger charge is 2.10.